The fraction of sp³-hybridized carbons (Fsp3) is 0.760. The van der Waals surface area contributed by atoms with Gasteiger partial charge in [-0.05, 0) is 81.7 Å². The van der Waals surface area contributed by atoms with Crippen LogP contribution in [0.2, 0.25) is 0 Å². The maximum absolute atomic E-state index is 13.4. The van der Waals surface area contributed by atoms with E-state index in [0.29, 0.717) is 40.4 Å². The van der Waals surface area contributed by atoms with E-state index >= 15 is 0 Å². The quantitative estimate of drug-likeness (QED) is 0.589. The number of rotatable bonds is 7. The number of hydrogen-bond acceptors (Lipinski definition) is 6. The summed E-state index contributed by atoms with van der Waals surface area (Å²) in [6.45, 7) is 4.18. The minimum Gasteiger partial charge on any atom is -0.473 e. The van der Waals surface area contributed by atoms with E-state index in [1.165, 1.54) is 12.8 Å². The third-order valence-electron chi connectivity index (χ3n) is 7.91. The molecule has 2 unspecified atom stereocenters. The molecule has 1 aromatic rings. The van der Waals surface area contributed by atoms with Gasteiger partial charge in [0.25, 0.3) is 11.8 Å². The molecule has 0 aliphatic heterocycles. The van der Waals surface area contributed by atoms with Crippen molar-refractivity contribution in [1.29, 1.82) is 0 Å². The number of amides is 1. The molecule has 174 valence electrons. The van der Waals surface area contributed by atoms with Gasteiger partial charge in [0.2, 0.25) is 5.76 Å². The number of carbonyl (C=O) groups excluding carboxylic acids is 1. The van der Waals surface area contributed by atoms with Gasteiger partial charge in [-0.3, -0.25) is 4.79 Å². The van der Waals surface area contributed by atoms with Crippen LogP contribution in [0.5, 0.6) is 5.88 Å². The average Bonchev–Trinajstić information content (AvgIpc) is 3.38. The summed E-state index contributed by atoms with van der Waals surface area (Å²) in [5.74, 6) is 4.43. The summed E-state index contributed by atoms with van der Waals surface area (Å²) >= 11 is 1.65. The zero-order valence-corrected chi connectivity index (χ0v) is 19.9. The summed E-state index contributed by atoms with van der Waals surface area (Å²) in [5.41, 5.74) is -0.949. The first kappa shape index (κ1) is 22.2. The van der Waals surface area contributed by atoms with E-state index in [-0.39, 0.29) is 17.7 Å². The second-order valence-corrected chi connectivity index (χ2v) is 12.5. The second kappa shape index (κ2) is 8.29. The summed E-state index contributed by atoms with van der Waals surface area (Å²) in [6.07, 6.45) is 15.0. The molecule has 0 spiro atoms. The maximum atomic E-state index is 13.4. The van der Waals surface area contributed by atoms with Crippen molar-refractivity contribution in [3.63, 3.8) is 0 Å². The Hall–Kier alpha value is -1.65. The Balaban J connectivity index is 1.34. The third-order valence-corrected chi connectivity index (χ3v) is 9.31. The molecule has 1 aromatic heterocycles. The number of carbonyl (C=O) groups is 1. The summed E-state index contributed by atoms with van der Waals surface area (Å²) < 4.78 is 11.5. The van der Waals surface area contributed by atoms with Gasteiger partial charge in [0.15, 0.2) is 0 Å². The van der Waals surface area contributed by atoms with E-state index in [1.54, 1.807) is 11.8 Å². The molecule has 32 heavy (non-hydrogen) atoms. The van der Waals surface area contributed by atoms with Crippen molar-refractivity contribution < 1.29 is 19.2 Å². The molecule has 6 nitrogen and oxygen atoms in total. The lowest BCUT2D eigenvalue weighted by Crippen LogP contribution is -2.61. The van der Waals surface area contributed by atoms with E-state index < -0.39 is 11.0 Å². The fourth-order valence-electron chi connectivity index (χ4n) is 6.50. The largest absolute Gasteiger partial charge is 0.473 e. The first-order chi connectivity index (χ1) is 15.3. The van der Waals surface area contributed by atoms with Gasteiger partial charge in [-0.2, -0.15) is 0 Å². The van der Waals surface area contributed by atoms with Gasteiger partial charge in [-0.25, -0.2) is 0 Å². The second-order valence-electron chi connectivity index (χ2n) is 11.2. The highest BCUT2D eigenvalue weighted by Gasteiger charge is 2.55. The Morgan fingerprint density at radius 1 is 1.31 bits per heavy atom. The standard InChI is InChI=1S/C25H34N2O4S/c1-4-24(2,3)14-30-23-21(32-18-7-5-6-8-18)20(31-27-23)22(28)26-19-16-9-15-10-17(19)13-25(29,11-15)12-16/h1,15-19,29H,5-14H2,2-3H3,(H,26,28)/t15?,16?,17?,19-,25-. The van der Waals surface area contributed by atoms with Crippen LogP contribution in [0.4, 0.5) is 0 Å². The molecular weight excluding hydrogens is 424 g/mol. The molecule has 5 saturated carbocycles. The van der Waals surface area contributed by atoms with Gasteiger partial charge in [0.05, 0.1) is 11.0 Å². The first-order valence-electron chi connectivity index (χ1n) is 12.1. The van der Waals surface area contributed by atoms with Crippen LogP contribution in [0.25, 0.3) is 0 Å². The van der Waals surface area contributed by atoms with Crippen molar-refractivity contribution in [2.24, 2.45) is 23.2 Å². The number of aliphatic hydroxyl groups is 1. The van der Waals surface area contributed by atoms with E-state index in [1.807, 2.05) is 13.8 Å². The molecule has 4 bridgehead atoms. The Morgan fingerprint density at radius 3 is 2.62 bits per heavy atom. The lowest BCUT2D eigenvalue weighted by molar-refractivity contribution is -0.137. The monoisotopic (exact) mass is 458 g/mol. The Bertz CT molecular complexity index is 898. The fourth-order valence-corrected chi connectivity index (χ4v) is 7.84. The minimum absolute atomic E-state index is 0.0958. The SMILES string of the molecule is C#CC(C)(C)COc1noc(C(=O)N[C@H]2C3CC4CC2C[C@](O)(C4)C3)c1SC1CCCC1. The predicted molar refractivity (Wildman–Crippen MR) is 122 cm³/mol. The van der Waals surface area contributed by atoms with Crippen molar-refractivity contribution in [2.75, 3.05) is 6.61 Å². The highest BCUT2D eigenvalue weighted by molar-refractivity contribution is 8.00. The number of nitrogens with one attached hydrogen (secondary N) is 1. The Labute approximate surface area is 194 Å². The lowest BCUT2D eigenvalue weighted by atomic mass is 9.52. The van der Waals surface area contributed by atoms with Crippen LogP contribution in [-0.4, -0.2) is 39.7 Å². The van der Waals surface area contributed by atoms with Gasteiger partial charge in [-0.15, -0.1) is 18.2 Å². The zero-order valence-electron chi connectivity index (χ0n) is 19.1. The normalized spacial score (nSPS) is 33.9. The van der Waals surface area contributed by atoms with Crippen molar-refractivity contribution in [1.82, 2.24) is 10.5 Å². The van der Waals surface area contributed by atoms with Gasteiger partial charge >= 0.3 is 0 Å². The molecule has 2 N–H and O–H groups in total. The van der Waals surface area contributed by atoms with Gasteiger partial charge < -0.3 is 19.7 Å². The molecule has 2 atom stereocenters. The van der Waals surface area contributed by atoms with Crippen molar-refractivity contribution in [2.45, 2.75) is 93.4 Å². The summed E-state index contributed by atoms with van der Waals surface area (Å²) in [7, 11) is 0. The molecule has 0 aromatic carbocycles. The maximum Gasteiger partial charge on any atom is 0.291 e. The van der Waals surface area contributed by atoms with Gasteiger partial charge in [0, 0.05) is 11.3 Å². The van der Waals surface area contributed by atoms with E-state index in [2.05, 4.69) is 16.4 Å². The minimum atomic E-state index is -0.516. The highest BCUT2D eigenvalue weighted by Crippen LogP contribution is 2.55. The van der Waals surface area contributed by atoms with Crippen LogP contribution in [0.15, 0.2) is 9.42 Å². The van der Waals surface area contributed by atoms with Crippen molar-refractivity contribution >= 4 is 17.7 Å². The van der Waals surface area contributed by atoms with Gasteiger partial charge in [0.1, 0.15) is 11.5 Å². The lowest BCUT2D eigenvalue weighted by Gasteiger charge is -2.58. The summed E-state index contributed by atoms with van der Waals surface area (Å²) in [6, 6.07) is 0.0958. The molecule has 6 rings (SSSR count). The van der Waals surface area contributed by atoms with E-state index in [0.717, 1.165) is 44.9 Å². The number of aromatic nitrogens is 1. The topological polar surface area (TPSA) is 84.6 Å². The molecular formula is C25H34N2O4S. The molecule has 1 amide bonds. The number of hydrogen-bond donors (Lipinski definition) is 2. The molecule has 5 fully saturated rings. The average molecular weight is 459 g/mol. The molecule has 7 heteroatoms. The summed E-state index contributed by atoms with van der Waals surface area (Å²) in [5, 5.41) is 18.7. The smallest absolute Gasteiger partial charge is 0.291 e. The molecule has 0 radical (unpaired) electrons. The van der Waals surface area contributed by atoms with Crippen molar-refractivity contribution in [3.8, 4) is 18.2 Å². The molecule has 5 aliphatic rings. The van der Waals surface area contributed by atoms with Crippen LogP contribution in [-0.2, 0) is 0 Å². The summed E-state index contributed by atoms with van der Waals surface area (Å²) in [4.78, 5) is 14.1. The number of terminal acetylenes is 1. The van der Waals surface area contributed by atoms with E-state index in [9.17, 15) is 9.90 Å². The van der Waals surface area contributed by atoms with Crippen molar-refractivity contribution in [3.05, 3.63) is 5.76 Å². The van der Waals surface area contributed by atoms with Crippen LogP contribution in [0.1, 0.15) is 82.2 Å². The number of ether oxygens (including phenoxy) is 1. The Morgan fingerprint density at radius 2 is 2.00 bits per heavy atom. The predicted octanol–water partition coefficient (Wildman–Crippen LogP) is 4.42. The van der Waals surface area contributed by atoms with Crippen LogP contribution in [0.3, 0.4) is 0 Å². The molecule has 0 saturated heterocycles. The molecule has 1 heterocycles. The molecule has 5 aliphatic carbocycles. The zero-order chi connectivity index (χ0) is 22.5. The van der Waals surface area contributed by atoms with Gasteiger partial charge in [-0.1, -0.05) is 18.8 Å². The number of nitrogens with zero attached hydrogens (tertiary/aromatic N) is 1. The first-order valence-corrected chi connectivity index (χ1v) is 12.9. The Kier molecular flexibility index (Phi) is 5.74. The van der Waals surface area contributed by atoms with E-state index in [4.69, 9.17) is 15.7 Å². The number of thioether (sulfide) groups is 1. The van der Waals surface area contributed by atoms with Crippen LogP contribution >= 0.6 is 11.8 Å². The van der Waals surface area contributed by atoms with Crippen LogP contribution < -0.4 is 10.1 Å². The van der Waals surface area contributed by atoms with Crippen LogP contribution in [0, 0.1) is 35.5 Å². The third kappa shape index (κ3) is 4.28. The highest BCUT2D eigenvalue weighted by atomic mass is 32.2.